The van der Waals surface area contributed by atoms with Crippen LogP contribution in [-0.2, 0) is 0 Å². The molecule has 1 N–H and O–H groups in total. The second-order valence-corrected chi connectivity index (χ2v) is 2.66. The van der Waals surface area contributed by atoms with E-state index in [9.17, 15) is 0 Å². The van der Waals surface area contributed by atoms with Crippen LogP contribution in [0.25, 0.3) is 0 Å². The molecule has 1 radical (unpaired) electrons. The maximum Gasteiger partial charge on any atom is 0.192 e. The van der Waals surface area contributed by atoms with Crippen molar-refractivity contribution in [3.05, 3.63) is 30.3 Å². The molecule has 3 heteroatoms. The molecule has 0 aliphatic heterocycles. The Labute approximate surface area is 78.0 Å². The van der Waals surface area contributed by atoms with Gasteiger partial charge in [0.25, 0.3) is 0 Å². The zero-order chi connectivity index (χ0) is 8.81. The molecule has 0 spiro atoms. The third-order valence-corrected chi connectivity index (χ3v) is 1.56. The van der Waals surface area contributed by atoms with Crippen molar-refractivity contribution in [1.82, 2.24) is 5.32 Å². The summed E-state index contributed by atoms with van der Waals surface area (Å²) in [4.78, 5) is 0. The molecule has 0 aliphatic carbocycles. The number of thiocarbonyl (C=S) groups is 1. The van der Waals surface area contributed by atoms with Crippen molar-refractivity contribution < 1.29 is 0 Å². The molecule has 0 atom stereocenters. The van der Waals surface area contributed by atoms with Gasteiger partial charge in [0.1, 0.15) is 0 Å². The number of nitrogens with zero attached hydrogens (tertiary/aromatic N) is 1. The number of hydrogen-bond acceptors (Lipinski definition) is 1. The first-order valence-electron chi connectivity index (χ1n) is 3.86. The molecule has 2 nitrogen and oxygen atoms in total. The molecule has 0 unspecified atom stereocenters. The van der Waals surface area contributed by atoms with Crippen molar-refractivity contribution in [3.63, 3.8) is 0 Å². The summed E-state index contributed by atoms with van der Waals surface area (Å²) < 4.78 is 0. The monoisotopic (exact) mass is 179 g/mol. The summed E-state index contributed by atoms with van der Waals surface area (Å²) in [6.45, 7) is 2.68. The van der Waals surface area contributed by atoms with Crippen LogP contribution in [0.4, 0.5) is 5.69 Å². The minimum absolute atomic E-state index is 0.545. The maximum atomic E-state index is 4.96. The molecule has 0 aliphatic rings. The van der Waals surface area contributed by atoms with E-state index in [1.807, 2.05) is 37.3 Å². The Kier molecular flexibility index (Phi) is 3.54. The molecule has 63 valence electrons. The average molecular weight is 179 g/mol. The summed E-state index contributed by atoms with van der Waals surface area (Å²) in [5, 5.41) is 7.59. The van der Waals surface area contributed by atoms with E-state index in [0.717, 1.165) is 12.2 Å². The van der Waals surface area contributed by atoms with E-state index in [-0.39, 0.29) is 0 Å². The van der Waals surface area contributed by atoms with Crippen LogP contribution in [0.1, 0.15) is 6.92 Å². The van der Waals surface area contributed by atoms with Gasteiger partial charge in [0.05, 0.1) is 0 Å². The van der Waals surface area contributed by atoms with Crippen LogP contribution >= 0.6 is 12.2 Å². The summed E-state index contributed by atoms with van der Waals surface area (Å²) in [7, 11) is 0. The highest BCUT2D eigenvalue weighted by atomic mass is 32.1. The van der Waals surface area contributed by atoms with E-state index in [4.69, 9.17) is 12.2 Å². The number of benzene rings is 1. The van der Waals surface area contributed by atoms with Crippen molar-refractivity contribution >= 4 is 23.0 Å². The average Bonchev–Trinajstić information content (AvgIpc) is 2.06. The summed E-state index contributed by atoms with van der Waals surface area (Å²) in [5.41, 5.74) is 0.986. The van der Waals surface area contributed by atoms with Crippen molar-refractivity contribution in [2.24, 2.45) is 0 Å². The largest absolute Gasteiger partial charge is 0.331 e. The SMILES string of the molecule is CC[N]C(=S)Nc1ccccc1. The highest BCUT2D eigenvalue weighted by Crippen LogP contribution is 2.04. The summed E-state index contributed by atoms with van der Waals surface area (Å²) >= 11 is 4.96. The third kappa shape index (κ3) is 2.88. The molecule has 0 saturated carbocycles. The Morgan fingerprint density at radius 3 is 2.67 bits per heavy atom. The smallest absolute Gasteiger partial charge is 0.192 e. The van der Waals surface area contributed by atoms with Crippen LogP contribution in [-0.4, -0.2) is 11.7 Å². The molecule has 1 aromatic rings. The highest BCUT2D eigenvalue weighted by molar-refractivity contribution is 7.80. The number of rotatable bonds is 2. The molecule has 1 rings (SSSR count). The number of hydrogen-bond donors (Lipinski definition) is 1. The maximum absolute atomic E-state index is 4.96. The molecule has 12 heavy (non-hydrogen) atoms. The Morgan fingerprint density at radius 2 is 2.08 bits per heavy atom. The van der Waals surface area contributed by atoms with Gasteiger partial charge in [0, 0.05) is 12.2 Å². The van der Waals surface area contributed by atoms with Crippen LogP contribution in [0.3, 0.4) is 0 Å². The van der Waals surface area contributed by atoms with Crippen LogP contribution < -0.4 is 10.6 Å². The fourth-order valence-electron chi connectivity index (χ4n) is 0.828. The highest BCUT2D eigenvalue weighted by Gasteiger charge is 1.94. The summed E-state index contributed by atoms with van der Waals surface area (Å²) in [6.07, 6.45) is 0. The fourth-order valence-corrected chi connectivity index (χ4v) is 1.08. The second-order valence-electron chi connectivity index (χ2n) is 2.27. The normalized spacial score (nSPS) is 9.08. The molecular formula is C9H11N2S. The van der Waals surface area contributed by atoms with Crippen molar-refractivity contribution in [1.29, 1.82) is 0 Å². The van der Waals surface area contributed by atoms with E-state index >= 15 is 0 Å². The van der Waals surface area contributed by atoms with Crippen molar-refractivity contribution in [2.75, 3.05) is 11.9 Å². The Balaban J connectivity index is 2.47. The van der Waals surface area contributed by atoms with Crippen molar-refractivity contribution in [3.8, 4) is 0 Å². The lowest BCUT2D eigenvalue weighted by atomic mass is 10.3. The van der Waals surface area contributed by atoms with Gasteiger partial charge in [-0.15, -0.1) is 0 Å². The number of para-hydroxylation sites is 1. The second kappa shape index (κ2) is 4.72. The van der Waals surface area contributed by atoms with Gasteiger partial charge in [0.2, 0.25) is 0 Å². The van der Waals surface area contributed by atoms with Crippen LogP contribution in [0.15, 0.2) is 30.3 Å². The van der Waals surface area contributed by atoms with Gasteiger partial charge in [-0.1, -0.05) is 18.2 Å². The standard InChI is InChI=1S/C9H11N2S/c1-2-10-9(12)11-8-6-4-3-5-7-8/h3-7H,2H2,1H3,(H,11,12). The van der Waals surface area contributed by atoms with Gasteiger partial charge in [0.15, 0.2) is 5.11 Å². The number of anilines is 1. The number of nitrogens with one attached hydrogen (secondary N) is 1. The molecule has 0 saturated heterocycles. The van der Waals surface area contributed by atoms with Gasteiger partial charge >= 0.3 is 0 Å². The lowest BCUT2D eigenvalue weighted by molar-refractivity contribution is 0.962. The zero-order valence-electron chi connectivity index (χ0n) is 6.95. The quantitative estimate of drug-likeness (QED) is 0.703. The lowest BCUT2D eigenvalue weighted by Crippen LogP contribution is -2.21. The molecule has 0 fully saturated rings. The van der Waals surface area contributed by atoms with Gasteiger partial charge in [-0.05, 0) is 31.3 Å². The predicted molar refractivity (Wildman–Crippen MR) is 55.3 cm³/mol. The summed E-state index contributed by atoms with van der Waals surface area (Å²) in [6, 6.07) is 9.79. The van der Waals surface area contributed by atoms with Gasteiger partial charge in [-0.25, -0.2) is 0 Å². The minimum atomic E-state index is 0.545. The predicted octanol–water partition coefficient (Wildman–Crippen LogP) is 2.01. The Hall–Kier alpha value is -1.09. The Morgan fingerprint density at radius 1 is 1.42 bits per heavy atom. The van der Waals surface area contributed by atoms with Gasteiger partial charge < -0.3 is 5.32 Å². The first-order chi connectivity index (χ1) is 5.83. The molecule has 0 bridgehead atoms. The molecule has 0 aromatic heterocycles. The topological polar surface area (TPSA) is 26.1 Å². The van der Waals surface area contributed by atoms with Crippen LogP contribution in [0.5, 0.6) is 0 Å². The summed E-state index contributed by atoms with van der Waals surface area (Å²) in [5.74, 6) is 0. The van der Waals surface area contributed by atoms with Crippen LogP contribution in [0.2, 0.25) is 0 Å². The van der Waals surface area contributed by atoms with Gasteiger partial charge in [-0.3, -0.25) is 5.32 Å². The van der Waals surface area contributed by atoms with E-state index in [1.165, 1.54) is 0 Å². The van der Waals surface area contributed by atoms with Gasteiger partial charge in [-0.2, -0.15) is 0 Å². The van der Waals surface area contributed by atoms with Crippen molar-refractivity contribution in [2.45, 2.75) is 6.92 Å². The first-order valence-corrected chi connectivity index (χ1v) is 4.27. The fraction of sp³-hybridized carbons (Fsp3) is 0.222. The van der Waals surface area contributed by atoms with E-state index < -0.39 is 0 Å². The molecular weight excluding hydrogens is 168 g/mol. The van der Waals surface area contributed by atoms with E-state index in [1.54, 1.807) is 0 Å². The van der Waals surface area contributed by atoms with E-state index in [2.05, 4.69) is 10.6 Å². The molecule has 0 amide bonds. The van der Waals surface area contributed by atoms with Crippen LogP contribution in [0, 0.1) is 0 Å². The minimum Gasteiger partial charge on any atom is -0.331 e. The Bertz CT molecular complexity index is 246. The molecule has 0 heterocycles. The third-order valence-electron chi connectivity index (χ3n) is 1.33. The first kappa shape index (κ1) is 9.00. The lowest BCUT2D eigenvalue weighted by Gasteiger charge is -2.05. The molecule has 1 aromatic carbocycles. The zero-order valence-corrected chi connectivity index (χ0v) is 7.77. The van der Waals surface area contributed by atoms with E-state index in [0.29, 0.717) is 5.11 Å².